The summed E-state index contributed by atoms with van der Waals surface area (Å²) >= 11 is 0. The van der Waals surface area contributed by atoms with Gasteiger partial charge in [0.25, 0.3) is 0 Å². The first kappa shape index (κ1) is 11.4. The largest absolute Gasteiger partial charge is 0.477 e. The molecular weight excluding hydrogens is 237 g/mol. The van der Waals surface area contributed by atoms with Crippen molar-refractivity contribution in [2.24, 2.45) is 7.05 Å². The highest BCUT2D eigenvalue weighted by atomic mass is 19.4. The molecule has 2 heterocycles. The SMILES string of the molecule is Cn1c(C(=O)O)c(C(F)(F)F)c2cccnc21. The van der Waals surface area contributed by atoms with Gasteiger partial charge in [-0.05, 0) is 12.1 Å². The number of nitrogens with zero attached hydrogens (tertiary/aromatic N) is 2. The van der Waals surface area contributed by atoms with Crippen molar-refractivity contribution >= 4 is 17.0 Å². The molecule has 0 aliphatic carbocycles. The van der Waals surface area contributed by atoms with Gasteiger partial charge >= 0.3 is 12.1 Å². The molecule has 0 aliphatic rings. The van der Waals surface area contributed by atoms with E-state index in [1.807, 2.05) is 0 Å². The van der Waals surface area contributed by atoms with Crippen molar-refractivity contribution in [2.45, 2.75) is 6.18 Å². The first-order chi connectivity index (χ1) is 7.84. The Morgan fingerprint density at radius 1 is 1.47 bits per heavy atom. The first-order valence-corrected chi connectivity index (χ1v) is 4.58. The van der Waals surface area contributed by atoms with Crippen LogP contribution in [0.1, 0.15) is 16.1 Å². The third-order valence-electron chi connectivity index (χ3n) is 2.43. The van der Waals surface area contributed by atoms with Crippen LogP contribution >= 0.6 is 0 Å². The summed E-state index contributed by atoms with van der Waals surface area (Å²) in [5.41, 5.74) is -1.96. The molecule has 7 heteroatoms. The van der Waals surface area contributed by atoms with Gasteiger partial charge in [-0.25, -0.2) is 9.78 Å². The smallest absolute Gasteiger partial charge is 0.419 e. The van der Waals surface area contributed by atoms with Gasteiger partial charge in [-0.1, -0.05) is 0 Å². The molecule has 0 aliphatic heterocycles. The quantitative estimate of drug-likeness (QED) is 0.837. The van der Waals surface area contributed by atoms with Crippen molar-refractivity contribution in [2.75, 3.05) is 0 Å². The molecule has 90 valence electrons. The van der Waals surface area contributed by atoms with Crippen LogP contribution in [0.4, 0.5) is 13.2 Å². The molecule has 2 rings (SSSR count). The number of carboxylic acid groups (broad SMARTS) is 1. The molecule has 17 heavy (non-hydrogen) atoms. The van der Waals surface area contributed by atoms with Gasteiger partial charge in [0.05, 0.1) is 5.56 Å². The molecule has 0 radical (unpaired) electrons. The fourth-order valence-corrected chi connectivity index (χ4v) is 1.80. The number of aromatic nitrogens is 2. The second kappa shape index (κ2) is 3.47. The molecule has 1 N–H and O–H groups in total. The van der Waals surface area contributed by atoms with Gasteiger partial charge in [-0.2, -0.15) is 13.2 Å². The number of fused-ring (bicyclic) bond motifs is 1. The van der Waals surface area contributed by atoms with E-state index in [1.165, 1.54) is 25.4 Å². The van der Waals surface area contributed by atoms with E-state index < -0.39 is 23.4 Å². The molecule has 0 fully saturated rings. The van der Waals surface area contributed by atoms with Crippen LogP contribution < -0.4 is 0 Å². The summed E-state index contributed by atoms with van der Waals surface area (Å²) in [5, 5.41) is 8.65. The van der Waals surface area contributed by atoms with E-state index in [0.717, 1.165) is 4.57 Å². The Bertz CT molecular complexity index is 601. The predicted octanol–water partition coefficient (Wildman–Crippen LogP) is 2.29. The van der Waals surface area contributed by atoms with Crippen LogP contribution in [0.25, 0.3) is 11.0 Å². The van der Waals surface area contributed by atoms with Gasteiger partial charge in [0, 0.05) is 18.6 Å². The second-order valence-corrected chi connectivity index (χ2v) is 3.46. The van der Waals surface area contributed by atoms with Gasteiger partial charge < -0.3 is 9.67 Å². The number of hydrogen-bond donors (Lipinski definition) is 1. The van der Waals surface area contributed by atoms with E-state index in [1.54, 1.807) is 0 Å². The molecule has 4 nitrogen and oxygen atoms in total. The highest BCUT2D eigenvalue weighted by Crippen LogP contribution is 2.38. The Kier molecular flexibility index (Phi) is 2.34. The molecule has 0 amide bonds. The van der Waals surface area contributed by atoms with Crippen LogP contribution in [-0.4, -0.2) is 20.6 Å². The Balaban J connectivity index is 2.96. The number of aryl methyl sites for hydroxylation is 1. The van der Waals surface area contributed by atoms with Crippen LogP contribution in [0.2, 0.25) is 0 Å². The van der Waals surface area contributed by atoms with Gasteiger partial charge in [0.15, 0.2) is 0 Å². The first-order valence-electron chi connectivity index (χ1n) is 4.58. The number of aromatic carboxylic acids is 1. The number of halogens is 3. The molecule has 0 bridgehead atoms. The van der Waals surface area contributed by atoms with E-state index in [4.69, 9.17) is 5.11 Å². The molecule has 0 spiro atoms. The van der Waals surface area contributed by atoms with Gasteiger partial charge in [-0.3, -0.25) is 0 Å². The van der Waals surface area contributed by atoms with Crippen molar-refractivity contribution in [3.63, 3.8) is 0 Å². The van der Waals surface area contributed by atoms with Crippen molar-refractivity contribution in [1.82, 2.24) is 9.55 Å². The highest BCUT2D eigenvalue weighted by Gasteiger charge is 2.40. The third-order valence-corrected chi connectivity index (χ3v) is 2.43. The standard InChI is InChI=1S/C10H7F3N2O2/c1-15-7(9(16)17)6(10(11,12)13)5-3-2-4-14-8(5)15/h2-4H,1H3,(H,16,17). The minimum atomic E-state index is -4.73. The molecule has 2 aromatic rings. The fraction of sp³-hybridized carbons (Fsp3) is 0.200. The molecule has 0 saturated heterocycles. The molecule has 0 aromatic carbocycles. The maximum Gasteiger partial charge on any atom is 0.419 e. The summed E-state index contributed by atoms with van der Waals surface area (Å²) in [6.45, 7) is 0. The number of alkyl halides is 3. The van der Waals surface area contributed by atoms with E-state index >= 15 is 0 Å². The molecule has 2 aromatic heterocycles. The van der Waals surface area contributed by atoms with Crippen LogP contribution in [0.15, 0.2) is 18.3 Å². The van der Waals surface area contributed by atoms with E-state index in [2.05, 4.69) is 4.98 Å². The minimum absolute atomic E-state index is 0.00257. The lowest BCUT2D eigenvalue weighted by molar-refractivity contribution is -0.136. The normalized spacial score (nSPS) is 12.0. The summed E-state index contributed by atoms with van der Waals surface area (Å²) < 4.78 is 39.5. The fourth-order valence-electron chi connectivity index (χ4n) is 1.80. The number of hydrogen-bond acceptors (Lipinski definition) is 2. The lowest BCUT2D eigenvalue weighted by Crippen LogP contribution is -2.14. The Morgan fingerprint density at radius 2 is 2.12 bits per heavy atom. The van der Waals surface area contributed by atoms with Crippen LogP contribution in [0.5, 0.6) is 0 Å². The Morgan fingerprint density at radius 3 is 2.65 bits per heavy atom. The van der Waals surface area contributed by atoms with Gasteiger partial charge in [-0.15, -0.1) is 0 Å². The monoisotopic (exact) mass is 244 g/mol. The maximum absolute atomic E-state index is 12.8. The number of pyridine rings is 1. The lowest BCUT2D eigenvalue weighted by atomic mass is 10.1. The van der Waals surface area contributed by atoms with Crippen LogP contribution in [0.3, 0.4) is 0 Å². The van der Waals surface area contributed by atoms with E-state index in [0.29, 0.717) is 0 Å². The van der Waals surface area contributed by atoms with Crippen molar-refractivity contribution in [1.29, 1.82) is 0 Å². The van der Waals surface area contributed by atoms with Crippen molar-refractivity contribution in [3.8, 4) is 0 Å². The summed E-state index contributed by atoms with van der Waals surface area (Å²) in [7, 11) is 1.24. The summed E-state index contributed by atoms with van der Waals surface area (Å²) in [5.74, 6) is -1.63. The maximum atomic E-state index is 12.8. The molecule has 0 unspecified atom stereocenters. The van der Waals surface area contributed by atoms with Crippen LogP contribution in [0, 0.1) is 0 Å². The zero-order valence-electron chi connectivity index (χ0n) is 8.62. The van der Waals surface area contributed by atoms with Crippen molar-refractivity contribution < 1.29 is 23.1 Å². The molecule has 0 saturated carbocycles. The second-order valence-electron chi connectivity index (χ2n) is 3.46. The number of carbonyl (C=O) groups is 1. The van der Waals surface area contributed by atoms with Gasteiger partial charge in [0.2, 0.25) is 0 Å². The number of carboxylic acids is 1. The van der Waals surface area contributed by atoms with Gasteiger partial charge in [0.1, 0.15) is 11.3 Å². The average molecular weight is 244 g/mol. The van der Waals surface area contributed by atoms with E-state index in [-0.39, 0.29) is 11.0 Å². The third kappa shape index (κ3) is 1.63. The van der Waals surface area contributed by atoms with Crippen molar-refractivity contribution in [3.05, 3.63) is 29.6 Å². The number of rotatable bonds is 1. The Labute approximate surface area is 93.3 Å². The average Bonchev–Trinajstić information content (AvgIpc) is 2.52. The molecule has 0 atom stereocenters. The zero-order chi connectivity index (χ0) is 12.8. The predicted molar refractivity (Wildman–Crippen MR) is 52.7 cm³/mol. The minimum Gasteiger partial charge on any atom is -0.477 e. The Hall–Kier alpha value is -2.05. The van der Waals surface area contributed by atoms with Crippen LogP contribution in [-0.2, 0) is 13.2 Å². The lowest BCUT2D eigenvalue weighted by Gasteiger charge is -2.06. The topological polar surface area (TPSA) is 55.1 Å². The van der Waals surface area contributed by atoms with E-state index in [9.17, 15) is 18.0 Å². The summed E-state index contributed by atoms with van der Waals surface area (Å²) in [6, 6.07) is 2.54. The summed E-state index contributed by atoms with van der Waals surface area (Å²) in [4.78, 5) is 14.7. The summed E-state index contributed by atoms with van der Waals surface area (Å²) in [6.07, 6.45) is -3.41. The zero-order valence-corrected chi connectivity index (χ0v) is 8.62. The molecular formula is C10H7F3N2O2. The highest BCUT2D eigenvalue weighted by molar-refractivity contribution is 5.97.